The Morgan fingerprint density at radius 2 is 1.86 bits per heavy atom. The fourth-order valence-corrected chi connectivity index (χ4v) is 2.45. The molecule has 0 aliphatic heterocycles. The molecule has 0 fully saturated rings. The number of amidine groups is 1. The van der Waals surface area contributed by atoms with Crippen molar-refractivity contribution in [3.05, 3.63) is 54.9 Å². The smallest absolute Gasteiger partial charge is 0.0923 e. The molecule has 0 unspecified atom stereocenters. The predicted octanol–water partition coefficient (Wildman–Crippen LogP) is 3.45. The lowest BCUT2D eigenvalue weighted by Crippen LogP contribution is -2.13. The number of nitrogens with zero attached hydrogens (tertiary/aromatic N) is 2. The maximum atomic E-state index is 7.43. The Balaban J connectivity index is 0.00000161. The zero-order valence-electron chi connectivity index (χ0n) is 11.5. The van der Waals surface area contributed by atoms with E-state index in [-0.39, 0.29) is 18.2 Å². The van der Waals surface area contributed by atoms with E-state index in [0.29, 0.717) is 13.0 Å². The third kappa shape index (κ3) is 3.06. The van der Waals surface area contributed by atoms with Gasteiger partial charge in [0.2, 0.25) is 0 Å². The van der Waals surface area contributed by atoms with Crippen LogP contribution in [0.25, 0.3) is 22.2 Å². The normalized spacial score (nSPS) is 10.3. The summed E-state index contributed by atoms with van der Waals surface area (Å²) in [6.07, 6.45) is 4.14. The van der Waals surface area contributed by atoms with Crippen LogP contribution in [0.3, 0.4) is 0 Å². The number of benzene rings is 1. The highest BCUT2D eigenvalue weighted by atomic mass is 35.5. The summed E-state index contributed by atoms with van der Waals surface area (Å²) in [6.45, 7) is 0.709. The molecular weight excluding hydrogens is 284 g/mol. The molecule has 0 atom stereocenters. The summed E-state index contributed by atoms with van der Waals surface area (Å²) < 4.78 is 2.21. The van der Waals surface area contributed by atoms with Gasteiger partial charge in [-0.1, -0.05) is 18.2 Å². The first-order valence-corrected chi connectivity index (χ1v) is 6.57. The van der Waals surface area contributed by atoms with E-state index in [0.717, 1.165) is 11.3 Å². The Labute approximate surface area is 129 Å². The summed E-state index contributed by atoms with van der Waals surface area (Å²) in [7, 11) is 0. The van der Waals surface area contributed by atoms with Crippen LogP contribution in [0.5, 0.6) is 0 Å². The number of pyridine rings is 1. The van der Waals surface area contributed by atoms with Crippen molar-refractivity contribution in [1.29, 1.82) is 5.41 Å². The van der Waals surface area contributed by atoms with Gasteiger partial charge in [-0.2, -0.15) is 0 Å². The molecule has 0 bridgehead atoms. The van der Waals surface area contributed by atoms with Gasteiger partial charge in [0.15, 0.2) is 0 Å². The zero-order valence-corrected chi connectivity index (χ0v) is 12.3. The molecule has 0 amide bonds. The first-order chi connectivity index (χ1) is 9.75. The molecule has 21 heavy (non-hydrogen) atoms. The van der Waals surface area contributed by atoms with Gasteiger partial charge in [0, 0.05) is 47.5 Å². The summed E-state index contributed by atoms with van der Waals surface area (Å²) in [5.41, 5.74) is 8.93. The van der Waals surface area contributed by atoms with Crippen LogP contribution in [0.2, 0.25) is 0 Å². The molecule has 2 aromatic heterocycles. The zero-order chi connectivity index (χ0) is 13.9. The lowest BCUT2D eigenvalue weighted by Gasteiger charge is -2.10. The van der Waals surface area contributed by atoms with Crippen LogP contribution in [0.15, 0.2) is 54.9 Å². The first-order valence-electron chi connectivity index (χ1n) is 6.57. The van der Waals surface area contributed by atoms with Gasteiger partial charge in [0.05, 0.1) is 5.84 Å². The van der Waals surface area contributed by atoms with Gasteiger partial charge in [-0.25, -0.2) is 0 Å². The third-order valence-corrected chi connectivity index (χ3v) is 3.39. The summed E-state index contributed by atoms with van der Waals surface area (Å²) >= 11 is 0. The Hall–Kier alpha value is -2.33. The van der Waals surface area contributed by atoms with E-state index < -0.39 is 0 Å². The van der Waals surface area contributed by atoms with E-state index in [4.69, 9.17) is 11.1 Å². The monoisotopic (exact) mass is 300 g/mol. The maximum Gasteiger partial charge on any atom is 0.0923 e. The molecule has 3 rings (SSSR count). The minimum atomic E-state index is 0. The molecule has 1 aromatic carbocycles. The second-order valence-corrected chi connectivity index (χ2v) is 4.75. The van der Waals surface area contributed by atoms with Gasteiger partial charge in [-0.15, -0.1) is 12.4 Å². The number of aromatic nitrogens is 2. The predicted molar refractivity (Wildman–Crippen MR) is 88.9 cm³/mol. The van der Waals surface area contributed by atoms with Gasteiger partial charge in [-0.3, -0.25) is 10.4 Å². The number of aryl methyl sites for hydroxylation is 1. The van der Waals surface area contributed by atoms with Gasteiger partial charge < -0.3 is 10.3 Å². The van der Waals surface area contributed by atoms with Crippen LogP contribution >= 0.6 is 12.4 Å². The van der Waals surface area contributed by atoms with Crippen LogP contribution in [0.1, 0.15) is 6.42 Å². The number of fused-ring (bicyclic) bond motifs is 1. The van der Waals surface area contributed by atoms with E-state index in [1.165, 1.54) is 10.9 Å². The van der Waals surface area contributed by atoms with Gasteiger partial charge in [0.1, 0.15) is 0 Å². The van der Waals surface area contributed by atoms with Crippen LogP contribution in [0.4, 0.5) is 0 Å². The van der Waals surface area contributed by atoms with E-state index in [2.05, 4.69) is 27.8 Å². The topological polar surface area (TPSA) is 67.7 Å². The Morgan fingerprint density at radius 1 is 1.14 bits per heavy atom. The summed E-state index contributed by atoms with van der Waals surface area (Å²) in [4.78, 5) is 4.07. The lowest BCUT2D eigenvalue weighted by molar-refractivity contribution is 0.757. The molecule has 3 N–H and O–H groups in total. The van der Waals surface area contributed by atoms with Crippen LogP contribution in [0, 0.1) is 5.41 Å². The fraction of sp³-hybridized carbons (Fsp3) is 0.125. The van der Waals surface area contributed by atoms with Crippen LogP contribution in [-0.4, -0.2) is 15.4 Å². The number of rotatable bonds is 4. The molecule has 2 heterocycles. The Morgan fingerprint density at radius 3 is 2.57 bits per heavy atom. The maximum absolute atomic E-state index is 7.43. The van der Waals surface area contributed by atoms with Crippen LogP contribution < -0.4 is 5.73 Å². The number of hydrogen-bond acceptors (Lipinski definition) is 2. The number of hydrogen-bond donors (Lipinski definition) is 2. The van der Waals surface area contributed by atoms with Gasteiger partial charge in [-0.05, 0) is 24.3 Å². The van der Waals surface area contributed by atoms with Crippen molar-refractivity contribution < 1.29 is 0 Å². The molecule has 0 radical (unpaired) electrons. The molecule has 108 valence electrons. The molecular formula is C16H17ClN4. The Bertz CT molecular complexity index is 749. The second kappa shape index (κ2) is 6.41. The number of nitrogens with two attached hydrogens (primary N) is 1. The molecule has 0 saturated heterocycles. The van der Waals surface area contributed by atoms with Crippen molar-refractivity contribution in [2.45, 2.75) is 13.0 Å². The molecule has 3 aromatic rings. The molecule has 5 heteroatoms. The lowest BCUT2D eigenvalue weighted by atomic mass is 10.2. The molecule has 0 saturated carbocycles. The SMILES string of the molecule is Cl.N=C(N)CCn1c(-c2ccncc2)cc2ccccc21. The van der Waals surface area contributed by atoms with E-state index in [9.17, 15) is 0 Å². The third-order valence-electron chi connectivity index (χ3n) is 3.39. The van der Waals surface area contributed by atoms with Crippen LogP contribution in [-0.2, 0) is 6.54 Å². The highest BCUT2D eigenvalue weighted by molar-refractivity contribution is 5.87. The van der Waals surface area contributed by atoms with Crippen molar-refractivity contribution >= 4 is 29.1 Å². The van der Waals surface area contributed by atoms with Crippen molar-refractivity contribution in [3.63, 3.8) is 0 Å². The standard InChI is InChI=1S/C16H16N4.ClH/c17-16(18)7-10-20-14-4-2-1-3-13(14)11-15(20)12-5-8-19-9-6-12;/h1-6,8-9,11H,7,10H2,(H3,17,18);1H. The number of halogens is 1. The van der Waals surface area contributed by atoms with Crippen molar-refractivity contribution in [3.8, 4) is 11.3 Å². The number of nitrogens with one attached hydrogen (secondary N) is 1. The summed E-state index contributed by atoms with van der Waals surface area (Å²) in [6, 6.07) is 14.4. The average Bonchev–Trinajstić information content (AvgIpc) is 2.84. The molecule has 0 aliphatic rings. The minimum Gasteiger partial charge on any atom is -0.388 e. The fourth-order valence-electron chi connectivity index (χ4n) is 2.45. The Kier molecular flexibility index (Phi) is 4.60. The molecule has 4 nitrogen and oxygen atoms in total. The van der Waals surface area contributed by atoms with Crippen molar-refractivity contribution in [2.75, 3.05) is 0 Å². The van der Waals surface area contributed by atoms with E-state index in [1.807, 2.05) is 24.3 Å². The number of para-hydroxylation sites is 1. The summed E-state index contributed by atoms with van der Waals surface area (Å²) in [5.74, 6) is 0.212. The highest BCUT2D eigenvalue weighted by Crippen LogP contribution is 2.28. The van der Waals surface area contributed by atoms with Gasteiger partial charge in [0.25, 0.3) is 0 Å². The quantitative estimate of drug-likeness (QED) is 0.572. The van der Waals surface area contributed by atoms with Crippen molar-refractivity contribution in [1.82, 2.24) is 9.55 Å². The van der Waals surface area contributed by atoms with Crippen molar-refractivity contribution in [2.24, 2.45) is 5.73 Å². The van der Waals surface area contributed by atoms with E-state index >= 15 is 0 Å². The summed E-state index contributed by atoms with van der Waals surface area (Å²) in [5, 5.41) is 8.63. The average molecular weight is 301 g/mol. The highest BCUT2D eigenvalue weighted by Gasteiger charge is 2.10. The second-order valence-electron chi connectivity index (χ2n) is 4.75. The minimum absolute atomic E-state index is 0. The largest absolute Gasteiger partial charge is 0.388 e. The molecule has 0 spiro atoms. The first kappa shape index (κ1) is 15.1. The van der Waals surface area contributed by atoms with E-state index in [1.54, 1.807) is 12.4 Å². The van der Waals surface area contributed by atoms with Gasteiger partial charge >= 0.3 is 0 Å². The molecule has 0 aliphatic carbocycles.